The maximum Gasteiger partial charge on any atom is 0.334 e. The molecule has 11 N–H and O–H groups in total. The maximum atomic E-state index is 13.5. The molecule has 0 radical (unpaired) electrons. The summed E-state index contributed by atoms with van der Waals surface area (Å²) in [6, 6.07) is 12.0. The molecule has 16 nitrogen and oxygen atoms in total. The van der Waals surface area contributed by atoms with Gasteiger partial charge in [-0.2, -0.15) is 0 Å². The number of esters is 1. The zero-order chi connectivity index (χ0) is 42.4. The molecule has 314 valence electrons. The van der Waals surface area contributed by atoms with Gasteiger partial charge in [-0.25, -0.2) is 4.79 Å². The van der Waals surface area contributed by atoms with E-state index in [1.807, 2.05) is 70.2 Å². The predicted molar refractivity (Wildman–Crippen MR) is 231 cm³/mol. The first-order valence-electron chi connectivity index (χ1n) is 18.2. The molecule has 0 fully saturated rings. The second-order valence-electron chi connectivity index (χ2n) is 13.5. The van der Waals surface area contributed by atoms with Crippen molar-refractivity contribution < 1.29 is 33.5 Å². The number of aliphatic imine (C=N–C) groups is 1. The molecule has 0 aliphatic carbocycles. The zero-order valence-corrected chi connectivity index (χ0v) is 36.1. The van der Waals surface area contributed by atoms with Crippen LogP contribution in [0.3, 0.4) is 0 Å². The van der Waals surface area contributed by atoms with E-state index in [-0.39, 0.29) is 36.5 Å². The largest absolute Gasteiger partial charge is 0.424 e. The van der Waals surface area contributed by atoms with Crippen molar-refractivity contribution in [3.05, 3.63) is 60.2 Å². The Morgan fingerprint density at radius 3 is 2.09 bits per heavy atom. The summed E-state index contributed by atoms with van der Waals surface area (Å²) >= 11 is 0. The number of nitrogens with one attached hydrogen (secondary N) is 5. The monoisotopic (exact) mass is 865 g/mol. The third-order valence-corrected chi connectivity index (χ3v) is 13.2. The number of ether oxygens (including phenoxy) is 1. The Hall–Kier alpha value is -4.11. The van der Waals surface area contributed by atoms with Crippen LogP contribution >= 0.6 is 43.2 Å². The highest BCUT2D eigenvalue weighted by molar-refractivity contribution is 8.77. The van der Waals surface area contributed by atoms with Gasteiger partial charge >= 0.3 is 5.97 Å². The molecule has 2 aromatic rings. The van der Waals surface area contributed by atoms with Crippen molar-refractivity contribution in [1.82, 2.24) is 26.6 Å². The van der Waals surface area contributed by atoms with Gasteiger partial charge < -0.3 is 48.5 Å². The molecule has 0 unspecified atom stereocenters. The number of carbonyl (C=O) groups excluding carboxylic acids is 6. The summed E-state index contributed by atoms with van der Waals surface area (Å²) < 4.78 is 5.75. The Labute approximate surface area is 350 Å². The second kappa shape index (κ2) is 26.0. The Morgan fingerprint density at radius 2 is 1.44 bits per heavy atom. The molecule has 0 spiro atoms. The van der Waals surface area contributed by atoms with Crippen LogP contribution in [0.15, 0.2) is 64.5 Å². The van der Waals surface area contributed by atoms with Gasteiger partial charge in [0.2, 0.25) is 29.5 Å². The molecule has 2 aromatic carbocycles. The summed E-state index contributed by atoms with van der Waals surface area (Å²) in [5.74, 6) is -2.53. The molecule has 20 heteroatoms. The molecule has 0 saturated carbocycles. The van der Waals surface area contributed by atoms with E-state index in [4.69, 9.17) is 21.9 Å². The van der Waals surface area contributed by atoms with Crippen LogP contribution in [0.5, 0.6) is 5.75 Å². The van der Waals surface area contributed by atoms with Crippen LogP contribution in [0.4, 0.5) is 0 Å². The molecule has 5 amide bonds. The number of rotatable bonds is 24. The van der Waals surface area contributed by atoms with E-state index >= 15 is 0 Å². The van der Waals surface area contributed by atoms with Crippen LogP contribution in [0.1, 0.15) is 53.0 Å². The number of nitrogens with two attached hydrogens (primary N) is 3. The van der Waals surface area contributed by atoms with Gasteiger partial charge in [0, 0.05) is 29.2 Å². The lowest BCUT2D eigenvalue weighted by atomic mass is 10.1. The molecule has 0 aliphatic rings. The van der Waals surface area contributed by atoms with Gasteiger partial charge in [0.1, 0.15) is 23.9 Å². The van der Waals surface area contributed by atoms with Crippen molar-refractivity contribution in [2.24, 2.45) is 22.2 Å². The zero-order valence-electron chi connectivity index (χ0n) is 32.8. The third kappa shape index (κ3) is 20.8. The Morgan fingerprint density at radius 1 is 0.807 bits per heavy atom. The van der Waals surface area contributed by atoms with Crippen molar-refractivity contribution in [2.45, 2.75) is 87.7 Å². The normalized spacial score (nSPS) is 13.2. The Kier molecular flexibility index (Phi) is 22.4. The molecule has 0 aliphatic heterocycles. The molecule has 2 rings (SSSR count). The van der Waals surface area contributed by atoms with E-state index < -0.39 is 72.8 Å². The van der Waals surface area contributed by atoms with E-state index in [1.54, 1.807) is 33.7 Å². The van der Waals surface area contributed by atoms with Crippen LogP contribution < -0.4 is 48.5 Å². The molecule has 0 saturated heterocycles. The van der Waals surface area contributed by atoms with E-state index in [9.17, 15) is 28.8 Å². The first-order chi connectivity index (χ1) is 27.0. The minimum Gasteiger partial charge on any atom is -0.424 e. The lowest BCUT2D eigenvalue weighted by Crippen LogP contribution is -2.55. The third-order valence-electron chi connectivity index (χ3n) is 7.32. The number of para-hydroxylation sites is 1. The van der Waals surface area contributed by atoms with Crippen LogP contribution in [-0.2, 0) is 35.2 Å². The first kappa shape index (κ1) is 49.0. The summed E-state index contributed by atoms with van der Waals surface area (Å²) in [7, 11) is 6.10. The van der Waals surface area contributed by atoms with Crippen molar-refractivity contribution in [3.8, 4) is 5.75 Å². The fraction of sp³-hybridized carbons (Fsp3) is 0.486. The number of guanidine groups is 1. The SMILES string of the molecule is CCSSc1ccccc1OC(=O)[C@H](Cc1ccccc1)NC(=O)CNC(=O)[C@H](CCCN=C(N)N)NC(=O)[C@H](C)NC(=O)CNC(=O)[C@@H](N)CSSC(C)(C)C. The maximum absolute atomic E-state index is 13.5. The van der Waals surface area contributed by atoms with Crippen molar-refractivity contribution >= 4 is 84.6 Å². The van der Waals surface area contributed by atoms with Crippen molar-refractivity contribution in [2.75, 3.05) is 31.1 Å². The van der Waals surface area contributed by atoms with Crippen LogP contribution in [0.25, 0.3) is 0 Å². The Bertz CT molecular complexity index is 1660. The van der Waals surface area contributed by atoms with Gasteiger partial charge in [0.25, 0.3) is 0 Å². The topological polar surface area (TPSA) is 262 Å². The average Bonchev–Trinajstić information content (AvgIpc) is 3.16. The van der Waals surface area contributed by atoms with Crippen LogP contribution in [0, 0.1) is 0 Å². The molecular weight excluding hydrogens is 811 g/mol. The minimum absolute atomic E-state index is 0.0118. The van der Waals surface area contributed by atoms with Gasteiger partial charge in [0.15, 0.2) is 5.96 Å². The average molecular weight is 866 g/mol. The lowest BCUT2D eigenvalue weighted by Gasteiger charge is -2.22. The fourth-order valence-corrected chi connectivity index (χ4v) is 8.71. The first-order valence-corrected chi connectivity index (χ1v) is 22.8. The fourth-order valence-electron chi connectivity index (χ4n) is 4.57. The van der Waals surface area contributed by atoms with E-state index in [2.05, 4.69) is 31.6 Å². The van der Waals surface area contributed by atoms with E-state index in [0.717, 1.165) is 16.2 Å². The Balaban J connectivity index is 2.04. The number of nitrogens with zero attached hydrogens (tertiary/aromatic N) is 1. The summed E-state index contributed by atoms with van der Waals surface area (Å²) in [4.78, 5) is 82.8. The van der Waals surface area contributed by atoms with Gasteiger partial charge in [-0.3, -0.25) is 29.0 Å². The molecule has 0 heterocycles. The number of benzene rings is 2. The van der Waals surface area contributed by atoms with Crippen LogP contribution in [0.2, 0.25) is 0 Å². The van der Waals surface area contributed by atoms with Crippen LogP contribution in [-0.4, -0.2) is 102 Å². The summed E-state index contributed by atoms with van der Waals surface area (Å²) in [6.45, 7) is 8.76. The second-order valence-corrected chi connectivity index (χ2v) is 19.3. The van der Waals surface area contributed by atoms with E-state index in [1.165, 1.54) is 28.5 Å². The predicted octanol–water partition coefficient (Wildman–Crippen LogP) is 1.86. The van der Waals surface area contributed by atoms with E-state index in [0.29, 0.717) is 11.5 Å². The van der Waals surface area contributed by atoms with Gasteiger partial charge in [-0.1, -0.05) is 113 Å². The lowest BCUT2D eigenvalue weighted by molar-refractivity contribution is -0.139. The highest BCUT2D eigenvalue weighted by atomic mass is 33.1. The number of hydrogen-bond donors (Lipinski definition) is 8. The number of hydrogen-bond acceptors (Lipinski definition) is 13. The van der Waals surface area contributed by atoms with Crippen molar-refractivity contribution in [1.29, 1.82) is 0 Å². The smallest absolute Gasteiger partial charge is 0.334 e. The molecule has 0 aromatic heterocycles. The van der Waals surface area contributed by atoms with Crippen molar-refractivity contribution in [3.63, 3.8) is 0 Å². The summed E-state index contributed by atoms with van der Waals surface area (Å²) in [5.41, 5.74) is 17.5. The highest BCUT2D eigenvalue weighted by Crippen LogP contribution is 2.37. The molecule has 4 atom stereocenters. The molecule has 57 heavy (non-hydrogen) atoms. The highest BCUT2D eigenvalue weighted by Gasteiger charge is 2.28. The molecular formula is C37H55N9O7S4. The quantitative estimate of drug-likeness (QED) is 0.0187. The number of carbonyl (C=O) groups is 6. The molecule has 0 bridgehead atoms. The summed E-state index contributed by atoms with van der Waals surface area (Å²) in [6.07, 6.45) is 0.480. The minimum atomic E-state index is -1.15. The van der Waals surface area contributed by atoms with Gasteiger partial charge in [-0.15, -0.1) is 0 Å². The standard InChI is InChI=1S/C37H55N9O7S4/c1-6-54-56-29-17-11-10-16-28(29)53-35(52)27(19-24-13-8-7-9-14-24)45-31(48)21-43-34(51)26(15-12-18-41-36(39)40)46-32(49)23(2)44-30(47)20-42-33(50)25(38)22-55-57-37(3,4)5/h7-11,13-14,16-17,23,25-27H,6,12,15,18-22,38H2,1-5H3,(H,42,50)(H,43,51)(H,44,47)(H,45,48)(H,46,49)(H4,39,40,41)/t23-,25-,26-,27-/m0/s1. The summed E-state index contributed by atoms with van der Waals surface area (Å²) in [5, 5.41) is 12.7. The van der Waals surface area contributed by atoms with Gasteiger partial charge in [-0.05, 0) is 37.5 Å². The van der Waals surface area contributed by atoms with Gasteiger partial charge in [0.05, 0.1) is 24.0 Å². The number of amides is 5.